The summed E-state index contributed by atoms with van der Waals surface area (Å²) in [7, 11) is 0. The fourth-order valence-electron chi connectivity index (χ4n) is 1.66. The van der Waals surface area contributed by atoms with Crippen molar-refractivity contribution in [2.45, 2.75) is 6.10 Å². The first-order valence-electron chi connectivity index (χ1n) is 4.61. The molecular weight excluding hydrogens is 180 g/mol. The topological polar surface area (TPSA) is 31.6 Å². The Morgan fingerprint density at radius 1 is 1.21 bits per heavy atom. The highest BCUT2D eigenvalue weighted by Crippen LogP contribution is 2.28. The molecule has 2 aromatic rings. The number of para-hydroxylation sites is 1. The van der Waals surface area contributed by atoms with Gasteiger partial charge in [0.05, 0.1) is 6.61 Å². The normalized spacial score (nSPS) is 21.9. The molecule has 0 saturated carbocycles. The number of ether oxygens (including phenoxy) is 2. The zero-order chi connectivity index (χ0) is 9.38. The molecule has 2 heterocycles. The molecule has 1 saturated heterocycles. The van der Waals surface area contributed by atoms with Crippen LogP contribution in [-0.4, -0.2) is 13.4 Å². The number of hydrogen-bond acceptors (Lipinski definition) is 3. The van der Waals surface area contributed by atoms with Gasteiger partial charge in [0, 0.05) is 5.39 Å². The molecular formula is C11H10O3. The maximum atomic E-state index is 5.65. The molecule has 0 bridgehead atoms. The molecule has 0 N–H and O–H groups in total. The van der Waals surface area contributed by atoms with Crippen molar-refractivity contribution >= 4 is 11.0 Å². The second-order valence-corrected chi connectivity index (χ2v) is 3.33. The predicted molar refractivity (Wildman–Crippen MR) is 50.9 cm³/mol. The van der Waals surface area contributed by atoms with E-state index in [0.29, 0.717) is 13.4 Å². The fraction of sp³-hybridized carbons (Fsp3) is 0.273. The molecule has 3 rings (SSSR count). The van der Waals surface area contributed by atoms with Crippen molar-refractivity contribution in [3.8, 4) is 0 Å². The van der Waals surface area contributed by atoms with Crippen LogP contribution < -0.4 is 0 Å². The summed E-state index contributed by atoms with van der Waals surface area (Å²) < 4.78 is 16.1. The highest BCUT2D eigenvalue weighted by molar-refractivity contribution is 5.77. The van der Waals surface area contributed by atoms with Gasteiger partial charge in [-0.15, -0.1) is 0 Å². The van der Waals surface area contributed by atoms with Crippen LogP contribution in [0.4, 0.5) is 0 Å². The lowest BCUT2D eigenvalue weighted by molar-refractivity contribution is 0.0411. The molecule has 0 aliphatic carbocycles. The van der Waals surface area contributed by atoms with Crippen molar-refractivity contribution in [3.05, 3.63) is 36.1 Å². The molecule has 1 aromatic heterocycles. The van der Waals surface area contributed by atoms with Crippen LogP contribution in [0.3, 0.4) is 0 Å². The minimum atomic E-state index is -0.0394. The Balaban J connectivity index is 2.05. The van der Waals surface area contributed by atoms with Gasteiger partial charge in [-0.2, -0.15) is 0 Å². The standard InChI is InChI=1S/C11H10O3/c1-2-4-9-8(3-1)5-10(14-9)11-6-12-7-13-11/h1-5,11H,6-7H2. The van der Waals surface area contributed by atoms with Crippen LogP contribution in [0.15, 0.2) is 34.7 Å². The van der Waals surface area contributed by atoms with E-state index in [1.807, 2.05) is 30.3 Å². The highest BCUT2D eigenvalue weighted by atomic mass is 16.7. The third-order valence-electron chi connectivity index (χ3n) is 2.38. The molecule has 1 unspecified atom stereocenters. The lowest BCUT2D eigenvalue weighted by Gasteiger charge is -2.00. The number of benzene rings is 1. The lowest BCUT2D eigenvalue weighted by atomic mass is 10.2. The van der Waals surface area contributed by atoms with Crippen LogP contribution in [0.2, 0.25) is 0 Å². The summed E-state index contributed by atoms with van der Waals surface area (Å²) in [5.74, 6) is 0.851. The van der Waals surface area contributed by atoms with Gasteiger partial charge in [-0.1, -0.05) is 18.2 Å². The van der Waals surface area contributed by atoms with E-state index in [1.54, 1.807) is 0 Å². The van der Waals surface area contributed by atoms with E-state index in [2.05, 4.69) is 0 Å². The van der Waals surface area contributed by atoms with Gasteiger partial charge in [-0.05, 0) is 12.1 Å². The van der Waals surface area contributed by atoms with E-state index in [-0.39, 0.29) is 6.10 Å². The van der Waals surface area contributed by atoms with Crippen molar-refractivity contribution in [1.29, 1.82) is 0 Å². The Bertz CT molecular complexity index is 407. The molecule has 1 aromatic carbocycles. The van der Waals surface area contributed by atoms with E-state index in [9.17, 15) is 0 Å². The largest absolute Gasteiger partial charge is 0.458 e. The van der Waals surface area contributed by atoms with Crippen molar-refractivity contribution in [2.75, 3.05) is 13.4 Å². The summed E-state index contributed by atoms with van der Waals surface area (Å²) in [6, 6.07) is 9.94. The summed E-state index contributed by atoms with van der Waals surface area (Å²) in [5.41, 5.74) is 0.901. The van der Waals surface area contributed by atoms with Crippen molar-refractivity contribution in [1.82, 2.24) is 0 Å². The molecule has 0 amide bonds. The van der Waals surface area contributed by atoms with Gasteiger partial charge in [0.2, 0.25) is 0 Å². The van der Waals surface area contributed by atoms with E-state index in [1.165, 1.54) is 0 Å². The van der Waals surface area contributed by atoms with Crippen LogP contribution in [0.1, 0.15) is 11.9 Å². The van der Waals surface area contributed by atoms with Gasteiger partial charge in [0.25, 0.3) is 0 Å². The lowest BCUT2D eigenvalue weighted by Crippen LogP contribution is -1.96. The molecule has 3 nitrogen and oxygen atoms in total. The second-order valence-electron chi connectivity index (χ2n) is 3.33. The third-order valence-corrected chi connectivity index (χ3v) is 2.38. The molecule has 1 aliphatic rings. The van der Waals surface area contributed by atoms with Gasteiger partial charge in [0.1, 0.15) is 24.2 Å². The Labute approximate surface area is 81.2 Å². The molecule has 0 radical (unpaired) electrons. The van der Waals surface area contributed by atoms with Gasteiger partial charge in [0.15, 0.2) is 0 Å². The quantitative estimate of drug-likeness (QED) is 0.692. The zero-order valence-electron chi connectivity index (χ0n) is 7.60. The first-order valence-corrected chi connectivity index (χ1v) is 4.61. The summed E-state index contributed by atoms with van der Waals surface area (Å²) in [6.45, 7) is 0.946. The zero-order valence-corrected chi connectivity index (χ0v) is 7.60. The average Bonchev–Trinajstić information content (AvgIpc) is 2.86. The minimum absolute atomic E-state index is 0.0394. The molecule has 1 atom stereocenters. The third kappa shape index (κ3) is 1.22. The minimum Gasteiger partial charge on any atom is -0.458 e. The maximum absolute atomic E-state index is 5.65. The van der Waals surface area contributed by atoms with Crippen LogP contribution in [0.5, 0.6) is 0 Å². The summed E-state index contributed by atoms with van der Waals surface area (Å²) in [6.07, 6.45) is -0.0394. The van der Waals surface area contributed by atoms with Gasteiger partial charge in [-0.25, -0.2) is 0 Å². The molecule has 1 aliphatic heterocycles. The number of furan rings is 1. The molecule has 3 heteroatoms. The van der Waals surface area contributed by atoms with Crippen molar-refractivity contribution < 1.29 is 13.9 Å². The van der Waals surface area contributed by atoms with E-state index < -0.39 is 0 Å². The van der Waals surface area contributed by atoms with Crippen LogP contribution in [-0.2, 0) is 9.47 Å². The summed E-state index contributed by atoms with van der Waals surface area (Å²) in [5, 5.41) is 1.11. The predicted octanol–water partition coefficient (Wildman–Crippen LogP) is 2.48. The van der Waals surface area contributed by atoms with Crippen LogP contribution in [0, 0.1) is 0 Å². The Hall–Kier alpha value is -1.32. The van der Waals surface area contributed by atoms with E-state index in [0.717, 1.165) is 16.7 Å². The number of rotatable bonds is 1. The molecule has 72 valence electrons. The van der Waals surface area contributed by atoms with Gasteiger partial charge in [-0.3, -0.25) is 0 Å². The van der Waals surface area contributed by atoms with Crippen molar-refractivity contribution in [3.63, 3.8) is 0 Å². The fourth-order valence-corrected chi connectivity index (χ4v) is 1.66. The smallest absolute Gasteiger partial charge is 0.147 e. The van der Waals surface area contributed by atoms with Gasteiger partial charge < -0.3 is 13.9 Å². The Morgan fingerprint density at radius 2 is 2.14 bits per heavy atom. The first-order chi connectivity index (χ1) is 6.93. The molecule has 14 heavy (non-hydrogen) atoms. The molecule has 0 spiro atoms. The average molecular weight is 190 g/mol. The monoisotopic (exact) mass is 190 g/mol. The Kier molecular flexibility index (Phi) is 1.79. The number of hydrogen-bond donors (Lipinski definition) is 0. The van der Waals surface area contributed by atoms with Crippen LogP contribution in [0.25, 0.3) is 11.0 Å². The Morgan fingerprint density at radius 3 is 2.93 bits per heavy atom. The van der Waals surface area contributed by atoms with Gasteiger partial charge >= 0.3 is 0 Å². The summed E-state index contributed by atoms with van der Waals surface area (Å²) >= 11 is 0. The van der Waals surface area contributed by atoms with Crippen LogP contribution >= 0.6 is 0 Å². The maximum Gasteiger partial charge on any atom is 0.147 e. The first kappa shape index (κ1) is 8.03. The van der Waals surface area contributed by atoms with Crippen molar-refractivity contribution in [2.24, 2.45) is 0 Å². The molecule has 1 fully saturated rings. The summed E-state index contributed by atoms with van der Waals surface area (Å²) in [4.78, 5) is 0. The number of fused-ring (bicyclic) bond motifs is 1. The van der Waals surface area contributed by atoms with E-state index >= 15 is 0 Å². The second kappa shape index (κ2) is 3.12. The van der Waals surface area contributed by atoms with E-state index in [4.69, 9.17) is 13.9 Å². The highest BCUT2D eigenvalue weighted by Gasteiger charge is 2.21. The SMILES string of the molecule is c1ccc2oc(C3COCO3)cc2c1.